The molecule has 5 heteroatoms. The average Bonchev–Trinajstić information content (AvgIpc) is 2.60. The summed E-state index contributed by atoms with van der Waals surface area (Å²) in [7, 11) is 0. The van der Waals surface area contributed by atoms with Crippen molar-refractivity contribution >= 4 is 5.97 Å². The summed E-state index contributed by atoms with van der Waals surface area (Å²) in [5.74, 6) is -0.631. The minimum Gasteiger partial charge on any atom is -0.462 e. The predicted molar refractivity (Wildman–Crippen MR) is 89.3 cm³/mol. The minimum atomic E-state index is -0.701. The SMILES string of the molecule is CCCCOC(=O)c1ccc(C2OCC(CCCC)CO2)c(F)c1. The smallest absolute Gasteiger partial charge is 0.338 e. The van der Waals surface area contributed by atoms with Crippen LogP contribution >= 0.6 is 0 Å². The van der Waals surface area contributed by atoms with Crippen molar-refractivity contribution in [1.82, 2.24) is 0 Å². The van der Waals surface area contributed by atoms with E-state index in [-0.39, 0.29) is 5.56 Å². The van der Waals surface area contributed by atoms with Gasteiger partial charge >= 0.3 is 5.97 Å². The highest BCUT2D eigenvalue weighted by Crippen LogP contribution is 2.29. The van der Waals surface area contributed by atoms with E-state index in [4.69, 9.17) is 14.2 Å². The zero-order valence-electron chi connectivity index (χ0n) is 14.6. The fraction of sp³-hybridized carbons (Fsp3) is 0.632. The zero-order chi connectivity index (χ0) is 17.4. The molecule has 0 saturated carbocycles. The lowest BCUT2D eigenvalue weighted by molar-refractivity contribution is -0.207. The Bertz CT molecular complexity index is 524. The molecule has 1 aliphatic rings. The monoisotopic (exact) mass is 338 g/mol. The van der Waals surface area contributed by atoms with Crippen molar-refractivity contribution in [2.24, 2.45) is 5.92 Å². The molecule has 0 atom stereocenters. The Morgan fingerprint density at radius 3 is 2.54 bits per heavy atom. The first-order valence-corrected chi connectivity index (χ1v) is 8.85. The fourth-order valence-corrected chi connectivity index (χ4v) is 2.62. The quantitative estimate of drug-likeness (QED) is 0.512. The van der Waals surface area contributed by atoms with Gasteiger partial charge in [-0.3, -0.25) is 0 Å². The Labute approximate surface area is 143 Å². The van der Waals surface area contributed by atoms with Gasteiger partial charge in [0.15, 0.2) is 6.29 Å². The summed E-state index contributed by atoms with van der Waals surface area (Å²) in [6.45, 7) is 5.67. The Morgan fingerprint density at radius 2 is 1.92 bits per heavy atom. The van der Waals surface area contributed by atoms with Gasteiger partial charge in [-0.25, -0.2) is 9.18 Å². The molecular formula is C19H27FO4. The van der Waals surface area contributed by atoms with Gasteiger partial charge in [-0.15, -0.1) is 0 Å². The number of carbonyl (C=O) groups is 1. The molecule has 0 aliphatic carbocycles. The summed E-state index contributed by atoms with van der Waals surface area (Å²) in [6.07, 6.45) is 4.39. The first-order chi connectivity index (χ1) is 11.7. The first kappa shape index (κ1) is 18.9. The molecule has 1 fully saturated rings. The third-order valence-corrected chi connectivity index (χ3v) is 4.15. The van der Waals surface area contributed by atoms with Crippen molar-refractivity contribution in [3.05, 3.63) is 35.1 Å². The molecule has 134 valence electrons. The summed E-state index contributed by atoms with van der Waals surface area (Å²) in [4.78, 5) is 11.9. The standard InChI is InChI=1S/C19H27FO4/c1-3-5-7-14-12-23-19(24-13-14)16-9-8-15(11-17(16)20)18(21)22-10-6-4-2/h8-9,11,14,19H,3-7,10,12-13H2,1-2H3. The normalized spacial score (nSPS) is 20.8. The molecule has 0 radical (unpaired) electrons. The maximum atomic E-state index is 14.3. The maximum absolute atomic E-state index is 14.3. The number of hydrogen-bond acceptors (Lipinski definition) is 4. The van der Waals surface area contributed by atoms with E-state index in [2.05, 4.69) is 6.92 Å². The van der Waals surface area contributed by atoms with Gasteiger partial charge in [-0.2, -0.15) is 0 Å². The van der Waals surface area contributed by atoms with Gasteiger partial charge in [-0.05, 0) is 25.0 Å². The lowest BCUT2D eigenvalue weighted by Crippen LogP contribution is -2.27. The topological polar surface area (TPSA) is 44.8 Å². The van der Waals surface area contributed by atoms with Gasteiger partial charge < -0.3 is 14.2 Å². The van der Waals surface area contributed by atoms with Gasteiger partial charge in [0.2, 0.25) is 0 Å². The first-order valence-electron chi connectivity index (χ1n) is 8.85. The second kappa shape index (κ2) is 9.74. The average molecular weight is 338 g/mol. The van der Waals surface area contributed by atoms with Gasteiger partial charge in [0, 0.05) is 11.5 Å². The van der Waals surface area contributed by atoms with Crippen LogP contribution in [0.3, 0.4) is 0 Å². The van der Waals surface area contributed by atoms with Crippen molar-refractivity contribution in [1.29, 1.82) is 0 Å². The highest BCUT2D eigenvalue weighted by molar-refractivity contribution is 5.89. The van der Waals surface area contributed by atoms with E-state index in [1.165, 1.54) is 6.07 Å². The number of rotatable bonds is 8. The second-order valence-electron chi connectivity index (χ2n) is 6.23. The lowest BCUT2D eigenvalue weighted by atomic mass is 10.0. The van der Waals surface area contributed by atoms with Gasteiger partial charge in [-0.1, -0.05) is 39.2 Å². The van der Waals surface area contributed by atoms with Crippen LogP contribution in [0.5, 0.6) is 0 Å². The van der Waals surface area contributed by atoms with Gasteiger partial charge in [0.05, 0.1) is 25.4 Å². The van der Waals surface area contributed by atoms with Crippen molar-refractivity contribution < 1.29 is 23.4 Å². The third kappa shape index (κ3) is 5.28. The molecule has 0 aromatic heterocycles. The van der Waals surface area contributed by atoms with E-state index in [1.807, 2.05) is 6.92 Å². The lowest BCUT2D eigenvalue weighted by Gasteiger charge is -2.29. The highest BCUT2D eigenvalue weighted by Gasteiger charge is 2.26. The van der Waals surface area contributed by atoms with Crippen molar-refractivity contribution in [2.45, 2.75) is 52.2 Å². The maximum Gasteiger partial charge on any atom is 0.338 e. The summed E-state index contributed by atoms with van der Waals surface area (Å²) in [6, 6.07) is 4.30. The molecule has 0 N–H and O–H groups in total. The molecule has 2 rings (SSSR count). The van der Waals surface area contributed by atoms with Crippen LogP contribution in [0.15, 0.2) is 18.2 Å². The minimum absolute atomic E-state index is 0.212. The van der Waals surface area contributed by atoms with Crippen LogP contribution in [0.25, 0.3) is 0 Å². The van der Waals surface area contributed by atoms with Gasteiger partial charge in [0.25, 0.3) is 0 Å². The fourth-order valence-electron chi connectivity index (χ4n) is 2.62. The number of benzene rings is 1. The Morgan fingerprint density at radius 1 is 1.21 bits per heavy atom. The number of halogens is 1. The molecule has 0 unspecified atom stereocenters. The third-order valence-electron chi connectivity index (χ3n) is 4.15. The molecular weight excluding hydrogens is 311 g/mol. The molecule has 0 amide bonds. The summed E-state index contributed by atoms with van der Waals surface area (Å²) < 4.78 is 30.7. The molecule has 4 nitrogen and oxygen atoms in total. The molecule has 1 aliphatic heterocycles. The molecule has 1 saturated heterocycles. The second-order valence-corrected chi connectivity index (χ2v) is 6.23. The van der Waals surface area contributed by atoms with Crippen LogP contribution in [0.1, 0.15) is 68.2 Å². The van der Waals surface area contributed by atoms with Crippen LogP contribution in [0.4, 0.5) is 4.39 Å². The van der Waals surface area contributed by atoms with Crippen LogP contribution in [0.2, 0.25) is 0 Å². The summed E-state index contributed by atoms with van der Waals surface area (Å²) in [5.41, 5.74) is 0.540. The van der Waals surface area contributed by atoms with Crippen LogP contribution in [-0.4, -0.2) is 25.8 Å². The Hall–Kier alpha value is -1.46. The zero-order valence-corrected chi connectivity index (χ0v) is 14.6. The van der Waals surface area contributed by atoms with E-state index >= 15 is 0 Å². The van der Waals surface area contributed by atoms with E-state index in [9.17, 15) is 9.18 Å². The summed E-state index contributed by atoms with van der Waals surface area (Å²) >= 11 is 0. The van der Waals surface area contributed by atoms with Crippen LogP contribution in [-0.2, 0) is 14.2 Å². The van der Waals surface area contributed by atoms with E-state index in [1.54, 1.807) is 12.1 Å². The number of unbranched alkanes of at least 4 members (excludes halogenated alkanes) is 2. The highest BCUT2D eigenvalue weighted by atomic mass is 19.1. The molecule has 1 aromatic carbocycles. The van der Waals surface area contributed by atoms with E-state index in [0.29, 0.717) is 31.3 Å². The molecule has 24 heavy (non-hydrogen) atoms. The summed E-state index contributed by atoms with van der Waals surface area (Å²) in [5, 5.41) is 0. The van der Waals surface area contributed by atoms with Gasteiger partial charge in [0.1, 0.15) is 5.82 Å². The number of carbonyl (C=O) groups excluding carboxylic acids is 1. The molecule has 0 spiro atoms. The molecule has 1 heterocycles. The van der Waals surface area contributed by atoms with Crippen LogP contribution in [0, 0.1) is 11.7 Å². The predicted octanol–water partition coefficient (Wildman–Crippen LogP) is 4.63. The van der Waals surface area contributed by atoms with Crippen molar-refractivity contribution in [3.63, 3.8) is 0 Å². The van der Waals surface area contributed by atoms with Crippen molar-refractivity contribution in [3.8, 4) is 0 Å². The number of hydrogen-bond donors (Lipinski definition) is 0. The van der Waals surface area contributed by atoms with E-state index < -0.39 is 18.1 Å². The molecule has 0 bridgehead atoms. The van der Waals surface area contributed by atoms with E-state index in [0.717, 1.165) is 32.1 Å². The number of ether oxygens (including phenoxy) is 3. The Kier molecular flexibility index (Phi) is 7.66. The number of esters is 1. The largest absolute Gasteiger partial charge is 0.462 e. The van der Waals surface area contributed by atoms with Crippen molar-refractivity contribution in [2.75, 3.05) is 19.8 Å². The Balaban J connectivity index is 1.92. The molecule has 1 aromatic rings. The van der Waals surface area contributed by atoms with Crippen LogP contribution < -0.4 is 0 Å².